The summed E-state index contributed by atoms with van der Waals surface area (Å²) in [4.78, 5) is 24.1. The molecule has 152 valence electrons. The Bertz CT molecular complexity index is 1260. The van der Waals surface area contributed by atoms with Gasteiger partial charge in [-0.2, -0.15) is 0 Å². The van der Waals surface area contributed by atoms with Gasteiger partial charge >= 0.3 is 0 Å². The lowest BCUT2D eigenvalue weighted by Crippen LogP contribution is -2.47. The van der Waals surface area contributed by atoms with Crippen LogP contribution >= 0.6 is 0 Å². The molecule has 6 heteroatoms. The van der Waals surface area contributed by atoms with Gasteiger partial charge in [-0.25, -0.2) is 9.37 Å². The number of hydrogen-bond donors (Lipinski definition) is 1. The molecule has 0 atom stereocenters. The van der Waals surface area contributed by atoms with Gasteiger partial charge in [-0.05, 0) is 41.6 Å². The number of pyridine rings is 2. The van der Waals surface area contributed by atoms with Gasteiger partial charge in [0.1, 0.15) is 11.6 Å². The minimum absolute atomic E-state index is 0.185. The van der Waals surface area contributed by atoms with Crippen LogP contribution in [0, 0.1) is 5.82 Å². The first-order valence-electron chi connectivity index (χ1n) is 10.3. The first-order valence-corrected chi connectivity index (χ1v) is 10.3. The van der Waals surface area contributed by atoms with Gasteiger partial charge in [0.2, 0.25) is 5.56 Å². The molecule has 1 aliphatic heterocycles. The van der Waals surface area contributed by atoms with Crippen LogP contribution in [0.5, 0.6) is 0 Å². The van der Waals surface area contributed by atoms with Crippen LogP contribution in [-0.4, -0.2) is 47.6 Å². The summed E-state index contributed by atoms with van der Waals surface area (Å²) in [5.74, 6) is 0.712. The fraction of sp³-hybridized carbons (Fsp3) is 0.250. The zero-order valence-corrected chi connectivity index (χ0v) is 16.6. The summed E-state index contributed by atoms with van der Waals surface area (Å²) < 4.78 is 13.5. The highest BCUT2D eigenvalue weighted by molar-refractivity contribution is 5.92. The summed E-state index contributed by atoms with van der Waals surface area (Å²) >= 11 is 0. The SMILES string of the molecule is O=c1cc(CCN2CCN(c3nccc4ccccc34)CC2)c2ccc(F)cc2[nH]1. The van der Waals surface area contributed by atoms with Gasteiger partial charge < -0.3 is 9.88 Å². The number of H-pyrrole nitrogens is 1. The predicted molar refractivity (Wildman–Crippen MR) is 119 cm³/mol. The van der Waals surface area contributed by atoms with Crippen molar-refractivity contribution in [2.45, 2.75) is 6.42 Å². The van der Waals surface area contributed by atoms with Crippen LogP contribution < -0.4 is 10.5 Å². The lowest BCUT2D eigenvalue weighted by Gasteiger charge is -2.36. The van der Waals surface area contributed by atoms with E-state index in [2.05, 4.69) is 44.0 Å². The van der Waals surface area contributed by atoms with Crippen LogP contribution in [-0.2, 0) is 6.42 Å². The lowest BCUT2D eigenvalue weighted by atomic mass is 10.1. The molecule has 0 radical (unpaired) electrons. The molecular formula is C24H23FN4O. The Morgan fingerprint density at radius 2 is 1.80 bits per heavy atom. The third-order valence-electron chi connectivity index (χ3n) is 5.91. The molecule has 0 saturated carbocycles. The number of halogens is 1. The predicted octanol–water partition coefficient (Wildman–Crippen LogP) is 3.58. The van der Waals surface area contributed by atoms with Gasteiger partial charge in [-0.1, -0.05) is 24.3 Å². The summed E-state index contributed by atoms with van der Waals surface area (Å²) in [6.07, 6.45) is 2.64. The van der Waals surface area contributed by atoms with Gasteiger partial charge in [-0.3, -0.25) is 9.69 Å². The number of rotatable bonds is 4. The summed E-state index contributed by atoms with van der Waals surface area (Å²) in [7, 11) is 0. The largest absolute Gasteiger partial charge is 0.354 e. The van der Waals surface area contributed by atoms with E-state index in [0.29, 0.717) is 5.52 Å². The van der Waals surface area contributed by atoms with Gasteiger partial charge in [0.25, 0.3) is 0 Å². The molecule has 0 bridgehead atoms. The average Bonchev–Trinajstić information content (AvgIpc) is 2.77. The number of hydrogen-bond acceptors (Lipinski definition) is 4. The maximum Gasteiger partial charge on any atom is 0.248 e. The summed E-state index contributed by atoms with van der Waals surface area (Å²) in [5, 5.41) is 3.31. The van der Waals surface area contributed by atoms with E-state index in [1.165, 1.54) is 22.9 Å². The number of piperazine rings is 1. The second-order valence-electron chi connectivity index (χ2n) is 7.78. The number of benzene rings is 2. The Labute approximate surface area is 173 Å². The molecule has 30 heavy (non-hydrogen) atoms. The topological polar surface area (TPSA) is 52.2 Å². The number of nitrogens with zero attached hydrogens (tertiary/aromatic N) is 3. The molecule has 0 aliphatic carbocycles. The number of aromatic amines is 1. The van der Waals surface area contributed by atoms with E-state index in [-0.39, 0.29) is 11.4 Å². The molecule has 2 aromatic carbocycles. The van der Waals surface area contributed by atoms with Crippen molar-refractivity contribution in [3.63, 3.8) is 0 Å². The standard InChI is InChI=1S/C24H23FN4O/c25-19-5-6-20-18(15-23(30)27-22(20)16-19)8-10-28-11-13-29(14-12-28)24-21-4-2-1-3-17(21)7-9-26-24/h1-7,9,15-16H,8,10-14H2,(H,27,30). The van der Waals surface area contributed by atoms with Gasteiger partial charge in [0, 0.05) is 55.8 Å². The average molecular weight is 402 g/mol. The molecule has 1 saturated heterocycles. The van der Waals surface area contributed by atoms with Gasteiger partial charge in [0.05, 0.1) is 5.52 Å². The maximum atomic E-state index is 13.5. The first-order chi connectivity index (χ1) is 14.7. The van der Waals surface area contributed by atoms with Crippen LogP contribution in [0.1, 0.15) is 5.56 Å². The van der Waals surface area contributed by atoms with Gasteiger partial charge in [-0.15, -0.1) is 0 Å². The van der Waals surface area contributed by atoms with E-state index in [0.717, 1.165) is 55.9 Å². The number of anilines is 1. The Kier molecular flexibility index (Phi) is 4.93. The van der Waals surface area contributed by atoms with E-state index in [1.807, 2.05) is 12.3 Å². The molecule has 1 N–H and O–H groups in total. The fourth-order valence-electron chi connectivity index (χ4n) is 4.33. The van der Waals surface area contributed by atoms with Crippen molar-refractivity contribution in [2.24, 2.45) is 0 Å². The van der Waals surface area contributed by atoms with Crippen molar-refractivity contribution >= 4 is 27.5 Å². The molecular weight excluding hydrogens is 379 g/mol. The Morgan fingerprint density at radius 1 is 0.967 bits per heavy atom. The van der Waals surface area contributed by atoms with Crippen molar-refractivity contribution in [1.82, 2.24) is 14.9 Å². The molecule has 4 aromatic rings. The number of fused-ring (bicyclic) bond motifs is 2. The fourth-order valence-corrected chi connectivity index (χ4v) is 4.33. The zero-order valence-electron chi connectivity index (χ0n) is 16.6. The van der Waals surface area contributed by atoms with Crippen molar-refractivity contribution < 1.29 is 4.39 Å². The summed E-state index contributed by atoms with van der Waals surface area (Å²) in [6, 6.07) is 16.6. The molecule has 0 unspecified atom stereocenters. The number of nitrogens with one attached hydrogen (secondary N) is 1. The molecule has 1 aliphatic rings. The van der Waals surface area contributed by atoms with E-state index < -0.39 is 0 Å². The number of aromatic nitrogens is 2. The summed E-state index contributed by atoms with van der Waals surface area (Å²) in [5.41, 5.74) is 1.34. The second-order valence-corrected chi connectivity index (χ2v) is 7.78. The second kappa shape index (κ2) is 7.88. The van der Waals surface area contributed by atoms with Crippen molar-refractivity contribution in [2.75, 3.05) is 37.6 Å². The van der Waals surface area contributed by atoms with E-state index >= 15 is 0 Å². The molecule has 3 heterocycles. The molecule has 1 fully saturated rings. The Hall–Kier alpha value is -3.25. The third kappa shape index (κ3) is 3.66. The Morgan fingerprint density at radius 3 is 2.67 bits per heavy atom. The molecule has 2 aromatic heterocycles. The van der Waals surface area contributed by atoms with Crippen LogP contribution in [0.25, 0.3) is 21.7 Å². The maximum absolute atomic E-state index is 13.5. The zero-order chi connectivity index (χ0) is 20.5. The monoisotopic (exact) mass is 402 g/mol. The third-order valence-corrected chi connectivity index (χ3v) is 5.91. The van der Waals surface area contributed by atoms with Crippen molar-refractivity contribution in [3.05, 3.63) is 82.5 Å². The molecule has 5 rings (SSSR count). The van der Waals surface area contributed by atoms with Gasteiger partial charge in [0.15, 0.2) is 0 Å². The minimum atomic E-state index is -0.339. The first kappa shape index (κ1) is 18.8. The molecule has 5 nitrogen and oxygen atoms in total. The molecule has 0 spiro atoms. The minimum Gasteiger partial charge on any atom is -0.354 e. The van der Waals surface area contributed by atoms with E-state index in [4.69, 9.17) is 0 Å². The van der Waals surface area contributed by atoms with E-state index in [1.54, 1.807) is 12.1 Å². The smallest absolute Gasteiger partial charge is 0.248 e. The van der Waals surface area contributed by atoms with Crippen LogP contribution in [0.15, 0.2) is 65.6 Å². The van der Waals surface area contributed by atoms with Crippen LogP contribution in [0.2, 0.25) is 0 Å². The Balaban J connectivity index is 1.27. The highest BCUT2D eigenvalue weighted by Crippen LogP contribution is 2.25. The van der Waals surface area contributed by atoms with Crippen LogP contribution in [0.4, 0.5) is 10.2 Å². The van der Waals surface area contributed by atoms with Crippen LogP contribution in [0.3, 0.4) is 0 Å². The normalized spacial score (nSPS) is 15.2. The van der Waals surface area contributed by atoms with Crippen molar-refractivity contribution in [1.29, 1.82) is 0 Å². The highest BCUT2D eigenvalue weighted by atomic mass is 19.1. The summed E-state index contributed by atoms with van der Waals surface area (Å²) in [6.45, 7) is 4.60. The quantitative estimate of drug-likeness (QED) is 0.567. The highest BCUT2D eigenvalue weighted by Gasteiger charge is 2.19. The van der Waals surface area contributed by atoms with E-state index in [9.17, 15) is 9.18 Å². The molecule has 0 amide bonds. The van der Waals surface area contributed by atoms with Crippen molar-refractivity contribution in [3.8, 4) is 0 Å². The lowest BCUT2D eigenvalue weighted by molar-refractivity contribution is 0.261.